The average molecular weight is 407 g/mol. The van der Waals surface area contributed by atoms with E-state index in [2.05, 4.69) is 17.1 Å². The molecule has 0 unspecified atom stereocenters. The van der Waals surface area contributed by atoms with Gasteiger partial charge in [-0.3, -0.25) is 4.79 Å². The van der Waals surface area contributed by atoms with Crippen LogP contribution in [0.4, 0.5) is 0 Å². The SMILES string of the molecule is CCCCn1c(=O)c2cc(OC)c(OC)cc2c2nnc3cc4c(cc3c21)OCO4. The van der Waals surface area contributed by atoms with Crippen LogP contribution >= 0.6 is 0 Å². The van der Waals surface area contributed by atoms with Crippen LogP contribution in [0.3, 0.4) is 0 Å². The second kappa shape index (κ2) is 7.05. The van der Waals surface area contributed by atoms with Crippen molar-refractivity contribution >= 4 is 32.7 Å². The number of unbranched alkanes of at least 4 members (excludes halogenated alkanes) is 1. The molecule has 0 aliphatic carbocycles. The zero-order chi connectivity index (χ0) is 20.8. The predicted molar refractivity (Wildman–Crippen MR) is 113 cm³/mol. The van der Waals surface area contributed by atoms with Crippen LogP contribution in [-0.2, 0) is 6.54 Å². The van der Waals surface area contributed by atoms with Crippen molar-refractivity contribution in [3.8, 4) is 23.0 Å². The maximum Gasteiger partial charge on any atom is 0.259 e. The molecule has 1 aliphatic rings. The number of methoxy groups -OCH3 is 2. The average Bonchev–Trinajstić information content (AvgIpc) is 3.23. The molecule has 2 aromatic carbocycles. The van der Waals surface area contributed by atoms with Crippen LogP contribution in [0.25, 0.3) is 32.7 Å². The number of pyridine rings is 1. The van der Waals surface area contributed by atoms with Crippen LogP contribution < -0.4 is 24.5 Å². The molecule has 154 valence electrons. The minimum Gasteiger partial charge on any atom is -0.493 e. The summed E-state index contributed by atoms with van der Waals surface area (Å²) in [5.74, 6) is 2.30. The third kappa shape index (κ3) is 2.63. The van der Waals surface area contributed by atoms with E-state index >= 15 is 0 Å². The number of hydrogen-bond acceptors (Lipinski definition) is 7. The van der Waals surface area contributed by atoms with Crippen molar-refractivity contribution in [2.24, 2.45) is 0 Å². The third-order valence-electron chi connectivity index (χ3n) is 5.49. The molecule has 0 saturated heterocycles. The first kappa shape index (κ1) is 18.5. The van der Waals surface area contributed by atoms with Gasteiger partial charge in [0.05, 0.1) is 30.6 Å². The largest absolute Gasteiger partial charge is 0.493 e. The summed E-state index contributed by atoms with van der Waals surface area (Å²) >= 11 is 0. The zero-order valence-electron chi connectivity index (χ0n) is 17.0. The Morgan fingerprint density at radius 1 is 0.967 bits per heavy atom. The second-order valence-electron chi connectivity index (χ2n) is 7.18. The van der Waals surface area contributed by atoms with Gasteiger partial charge in [0.15, 0.2) is 23.0 Å². The van der Waals surface area contributed by atoms with Gasteiger partial charge in [0.1, 0.15) is 5.52 Å². The minimum absolute atomic E-state index is 0.0983. The van der Waals surface area contributed by atoms with Gasteiger partial charge >= 0.3 is 0 Å². The quantitative estimate of drug-likeness (QED) is 0.467. The van der Waals surface area contributed by atoms with Gasteiger partial charge in [0, 0.05) is 23.4 Å². The maximum absolute atomic E-state index is 13.6. The number of fused-ring (bicyclic) bond motifs is 6. The summed E-state index contributed by atoms with van der Waals surface area (Å²) < 4.78 is 23.7. The smallest absolute Gasteiger partial charge is 0.259 e. The van der Waals surface area contributed by atoms with Gasteiger partial charge in [-0.1, -0.05) is 13.3 Å². The molecule has 3 heterocycles. The van der Waals surface area contributed by atoms with Crippen molar-refractivity contribution in [2.75, 3.05) is 21.0 Å². The molecule has 0 fully saturated rings. The Morgan fingerprint density at radius 3 is 2.37 bits per heavy atom. The summed E-state index contributed by atoms with van der Waals surface area (Å²) in [6.45, 7) is 2.84. The Bertz CT molecular complexity index is 1360. The molecular weight excluding hydrogens is 386 g/mol. The summed E-state index contributed by atoms with van der Waals surface area (Å²) in [5.41, 5.74) is 1.92. The molecule has 30 heavy (non-hydrogen) atoms. The van der Waals surface area contributed by atoms with Gasteiger partial charge in [0.25, 0.3) is 5.56 Å². The van der Waals surface area contributed by atoms with Crippen LogP contribution in [0.1, 0.15) is 19.8 Å². The molecule has 0 spiro atoms. The highest BCUT2D eigenvalue weighted by Crippen LogP contribution is 2.39. The second-order valence-corrected chi connectivity index (χ2v) is 7.18. The Morgan fingerprint density at radius 2 is 1.67 bits per heavy atom. The molecule has 1 aliphatic heterocycles. The fraction of sp³-hybridized carbons (Fsp3) is 0.318. The van der Waals surface area contributed by atoms with Gasteiger partial charge in [-0.2, -0.15) is 0 Å². The molecule has 8 nitrogen and oxygen atoms in total. The van der Waals surface area contributed by atoms with Gasteiger partial charge in [0.2, 0.25) is 6.79 Å². The number of ether oxygens (including phenoxy) is 4. The minimum atomic E-state index is -0.0983. The number of rotatable bonds is 5. The van der Waals surface area contributed by atoms with E-state index in [0.717, 1.165) is 23.7 Å². The topological polar surface area (TPSA) is 84.7 Å². The lowest BCUT2D eigenvalue weighted by Crippen LogP contribution is -2.22. The molecule has 0 bridgehead atoms. The van der Waals surface area contributed by atoms with E-state index in [4.69, 9.17) is 18.9 Å². The highest BCUT2D eigenvalue weighted by Gasteiger charge is 2.21. The molecule has 8 heteroatoms. The third-order valence-corrected chi connectivity index (χ3v) is 5.49. The summed E-state index contributed by atoms with van der Waals surface area (Å²) in [6, 6.07) is 7.18. The highest BCUT2D eigenvalue weighted by molar-refractivity contribution is 6.13. The maximum atomic E-state index is 13.6. The fourth-order valence-electron chi connectivity index (χ4n) is 3.97. The molecular formula is C22H21N3O5. The summed E-state index contributed by atoms with van der Waals surface area (Å²) in [5, 5.41) is 10.9. The first-order valence-electron chi connectivity index (χ1n) is 9.84. The van der Waals surface area contributed by atoms with Crippen molar-refractivity contribution in [3.63, 3.8) is 0 Å². The van der Waals surface area contributed by atoms with E-state index in [1.54, 1.807) is 37.0 Å². The van der Waals surface area contributed by atoms with E-state index in [0.29, 0.717) is 51.3 Å². The summed E-state index contributed by atoms with van der Waals surface area (Å²) in [7, 11) is 3.12. The number of aryl methyl sites for hydroxylation is 1. The van der Waals surface area contributed by atoms with Crippen molar-refractivity contribution in [2.45, 2.75) is 26.3 Å². The lowest BCUT2D eigenvalue weighted by molar-refractivity contribution is 0.174. The van der Waals surface area contributed by atoms with Crippen LogP contribution in [0.2, 0.25) is 0 Å². The van der Waals surface area contributed by atoms with Crippen LogP contribution in [0, 0.1) is 0 Å². The van der Waals surface area contributed by atoms with Crippen molar-refractivity contribution in [1.29, 1.82) is 0 Å². The summed E-state index contributed by atoms with van der Waals surface area (Å²) in [6.07, 6.45) is 1.82. The van der Waals surface area contributed by atoms with E-state index < -0.39 is 0 Å². The summed E-state index contributed by atoms with van der Waals surface area (Å²) in [4.78, 5) is 13.6. The van der Waals surface area contributed by atoms with E-state index in [9.17, 15) is 4.79 Å². The molecule has 4 aromatic rings. The number of nitrogens with zero attached hydrogens (tertiary/aromatic N) is 3. The number of benzene rings is 2. The van der Waals surface area contributed by atoms with Crippen molar-refractivity contribution in [3.05, 3.63) is 34.6 Å². The van der Waals surface area contributed by atoms with E-state index in [-0.39, 0.29) is 12.4 Å². The Kier molecular flexibility index (Phi) is 4.34. The molecule has 0 amide bonds. The first-order chi connectivity index (χ1) is 14.7. The molecule has 5 rings (SSSR count). The molecule has 0 radical (unpaired) electrons. The first-order valence-corrected chi connectivity index (χ1v) is 9.84. The van der Waals surface area contributed by atoms with Crippen LogP contribution in [-0.4, -0.2) is 35.8 Å². The van der Waals surface area contributed by atoms with Crippen LogP contribution in [0.15, 0.2) is 29.1 Å². The standard InChI is InChI=1S/C22H21N3O5/c1-4-5-6-25-21-14-9-18-19(30-11-29-18)10-15(14)23-24-20(21)12-7-16(27-2)17(28-3)8-13(12)22(25)26/h7-10H,4-6,11H2,1-3H3. The fourth-order valence-corrected chi connectivity index (χ4v) is 3.97. The van der Waals surface area contributed by atoms with E-state index in [1.165, 1.54) is 0 Å². The van der Waals surface area contributed by atoms with E-state index in [1.807, 2.05) is 6.07 Å². The molecule has 2 aromatic heterocycles. The highest BCUT2D eigenvalue weighted by atomic mass is 16.7. The van der Waals surface area contributed by atoms with Crippen molar-refractivity contribution in [1.82, 2.24) is 14.8 Å². The van der Waals surface area contributed by atoms with Crippen LogP contribution in [0.5, 0.6) is 23.0 Å². The Hall–Kier alpha value is -3.55. The van der Waals surface area contributed by atoms with Gasteiger partial charge in [-0.05, 0) is 24.6 Å². The molecule has 0 saturated carbocycles. The van der Waals surface area contributed by atoms with Gasteiger partial charge in [-0.25, -0.2) is 0 Å². The predicted octanol–water partition coefficient (Wildman–Crippen LogP) is 3.64. The monoisotopic (exact) mass is 407 g/mol. The zero-order valence-corrected chi connectivity index (χ0v) is 17.0. The van der Waals surface area contributed by atoms with Gasteiger partial charge < -0.3 is 23.5 Å². The number of hydrogen-bond donors (Lipinski definition) is 0. The lowest BCUT2D eigenvalue weighted by atomic mass is 10.1. The molecule has 0 N–H and O–H groups in total. The van der Waals surface area contributed by atoms with Crippen molar-refractivity contribution < 1.29 is 18.9 Å². The Labute approximate surface area is 171 Å². The number of aromatic nitrogens is 3. The Balaban J connectivity index is 1.96. The lowest BCUT2D eigenvalue weighted by Gasteiger charge is -2.16. The normalized spacial score (nSPS) is 12.8. The molecule has 0 atom stereocenters. The van der Waals surface area contributed by atoms with Gasteiger partial charge in [-0.15, -0.1) is 10.2 Å².